The van der Waals surface area contributed by atoms with Crippen LogP contribution in [0.2, 0.25) is 0 Å². The van der Waals surface area contributed by atoms with E-state index in [1.165, 1.54) is 0 Å². The molecule has 9 nitrogen and oxygen atoms in total. The molecule has 4 rings (SSSR count). The van der Waals surface area contributed by atoms with Gasteiger partial charge in [-0.3, -0.25) is 10.1 Å². The normalized spacial score (nSPS) is 28.2. The average Bonchev–Trinajstić information content (AvgIpc) is 3.10. The summed E-state index contributed by atoms with van der Waals surface area (Å²) in [4.78, 5) is 34.4. The maximum atomic E-state index is 13.6. The molecule has 0 bridgehead atoms. The van der Waals surface area contributed by atoms with Gasteiger partial charge in [-0.25, -0.2) is 4.79 Å². The van der Waals surface area contributed by atoms with Gasteiger partial charge in [-0.05, 0) is 57.9 Å². The number of carbonyl (C=O) groups excluding carboxylic acids is 2. The van der Waals surface area contributed by atoms with Crippen molar-refractivity contribution in [3.05, 3.63) is 12.1 Å². The number of methoxy groups -OCH3 is 1. The maximum absolute atomic E-state index is 13.6. The van der Waals surface area contributed by atoms with E-state index in [0.717, 1.165) is 58.0 Å². The van der Waals surface area contributed by atoms with Gasteiger partial charge in [-0.1, -0.05) is 0 Å². The minimum absolute atomic E-state index is 0.228. The van der Waals surface area contributed by atoms with Crippen molar-refractivity contribution in [2.45, 2.75) is 64.0 Å². The second-order valence-corrected chi connectivity index (χ2v) is 9.09. The summed E-state index contributed by atoms with van der Waals surface area (Å²) in [7, 11) is 1.56. The molecule has 9 heteroatoms. The number of piperidine rings is 1. The van der Waals surface area contributed by atoms with Gasteiger partial charge in [0, 0.05) is 31.7 Å². The zero-order valence-electron chi connectivity index (χ0n) is 19.0. The van der Waals surface area contributed by atoms with E-state index in [1.807, 2.05) is 0 Å². The van der Waals surface area contributed by atoms with Crippen molar-refractivity contribution in [2.24, 2.45) is 5.41 Å². The zero-order valence-corrected chi connectivity index (χ0v) is 19.0. The number of aromatic nitrogens is 1. The number of nitrogens with zero attached hydrogens (tertiary/aromatic N) is 3. The van der Waals surface area contributed by atoms with Crippen LogP contribution in [0.4, 0.5) is 16.3 Å². The van der Waals surface area contributed by atoms with Gasteiger partial charge in [0.1, 0.15) is 0 Å². The van der Waals surface area contributed by atoms with Crippen LogP contribution in [-0.2, 0) is 9.53 Å². The third-order valence-corrected chi connectivity index (χ3v) is 7.10. The molecule has 0 radical (unpaired) electrons. The quantitative estimate of drug-likeness (QED) is 0.717. The zero-order chi connectivity index (χ0) is 22.7. The largest absolute Gasteiger partial charge is 0.481 e. The Morgan fingerprint density at radius 2 is 2.03 bits per heavy atom. The lowest BCUT2D eigenvalue weighted by Gasteiger charge is -2.41. The van der Waals surface area contributed by atoms with E-state index in [0.29, 0.717) is 23.9 Å². The minimum Gasteiger partial charge on any atom is -0.481 e. The van der Waals surface area contributed by atoms with Crippen LogP contribution in [0.5, 0.6) is 5.88 Å². The van der Waals surface area contributed by atoms with Crippen molar-refractivity contribution in [1.82, 2.24) is 9.88 Å². The molecule has 176 valence electrons. The maximum Gasteiger partial charge on any atom is 0.411 e. The highest BCUT2D eigenvalue weighted by Crippen LogP contribution is 2.44. The minimum atomic E-state index is -0.532. The summed E-state index contributed by atoms with van der Waals surface area (Å²) in [5.41, 5.74) is 0.116. The smallest absolute Gasteiger partial charge is 0.411 e. The summed E-state index contributed by atoms with van der Waals surface area (Å²) >= 11 is 0. The molecule has 1 aromatic heterocycles. The summed E-state index contributed by atoms with van der Waals surface area (Å²) < 4.78 is 10.4. The number of carbonyl (C=O) groups is 2. The Morgan fingerprint density at radius 1 is 1.25 bits per heavy atom. The fourth-order valence-electron chi connectivity index (χ4n) is 5.42. The average molecular weight is 447 g/mol. The molecule has 1 atom stereocenters. The van der Waals surface area contributed by atoms with Crippen LogP contribution in [-0.4, -0.2) is 72.5 Å². The van der Waals surface area contributed by atoms with Gasteiger partial charge in [0.25, 0.3) is 0 Å². The van der Waals surface area contributed by atoms with Gasteiger partial charge in [0.05, 0.1) is 30.9 Å². The molecule has 1 aromatic rings. The van der Waals surface area contributed by atoms with Crippen LogP contribution in [0.25, 0.3) is 0 Å². The molecular weight excluding hydrogens is 412 g/mol. The van der Waals surface area contributed by atoms with Crippen LogP contribution in [0.3, 0.4) is 0 Å². The Kier molecular flexibility index (Phi) is 6.74. The predicted octanol–water partition coefficient (Wildman–Crippen LogP) is 2.78. The Bertz CT molecular complexity index is 842. The number of hydrogen-bond donors (Lipinski definition) is 2. The van der Waals surface area contributed by atoms with Gasteiger partial charge in [-0.15, -0.1) is 0 Å². The first-order valence-corrected chi connectivity index (χ1v) is 11.7. The second-order valence-electron chi connectivity index (χ2n) is 9.09. The lowest BCUT2D eigenvalue weighted by atomic mass is 9.78. The molecule has 3 aliphatic rings. The highest BCUT2D eigenvalue weighted by molar-refractivity contribution is 5.90. The van der Waals surface area contributed by atoms with E-state index < -0.39 is 11.5 Å². The topological polar surface area (TPSA) is 104 Å². The Balaban J connectivity index is 1.54. The standard InChI is InChI=1S/C23H34N4O5/c1-3-32-22(30)24-18-9-10-19(31-2)25-20(18)26-13-4-11-23(15-26)12-14-27(21(23)29)16-5-7-17(28)8-6-16/h9-10,16-17,28H,3-8,11-15H2,1-2H3,(H,24,30)/t16?,17?,23-/m0/s1. The van der Waals surface area contributed by atoms with Crippen LogP contribution < -0.4 is 15.0 Å². The Morgan fingerprint density at radius 3 is 2.75 bits per heavy atom. The van der Waals surface area contributed by atoms with Crippen molar-refractivity contribution < 1.29 is 24.2 Å². The summed E-state index contributed by atoms with van der Waals surface area (Å²) in [6.45, 7) is 4.12. The van der Waals surface area contributed by atoms with Crippen molar-refractivity contribution in [3.8, 4) is 5.88 Å². The molecule has 2 N–H and O–H groups in total. The van der Waals surface area contributed by atoms with Crippen molar-refractivity contribution in [3.63, 3.8) is 0 Å². The first kappa shape index (κ1) is 22.6. The van der Waals surface area contributed by atoms with E-state index in [4.69, 9.17) is 9.47 Å². The van der Waals surface area contributed by atoms with E-state index in [2.05, 4.69) is 20.1 Å². The number of aliphatic hydroxyl groups excluding tert-OH is 1. The molecule has 1 aliphatic carbocycles. The molecule has 3 heterocycles. The van der Waals surface area contributed by atoms with Gasteiger partial charge in [0.15, 0.2) is 5.82 Å². The van der Waals surface area contributed by atoms with Crippen molar-refractivity contribution in [1.29, 1.82) is 0 Å². The van der Waals surface area contributed by atoms with Gasteiger partial charge in [0.2, 0.25) is 11.8 Å². The number of amides is 2. The molecule has 2 aliphatic heterocycles. The molecule has 1 saturated carbocycles. The van der Waals surface area contributed by atoms with E-state index in [1.54, 1.807) is 26.2 Å². The third kappa shape index (κ3) is 4.48. The van der Waals surface area contributed by atoms with E-state index >= 15 is 0 Å². The number of hydrogen-bond acceptors (Lipinski definition) is 7. The van der Waals surface area contributed by atoms with Gasteiger partial charge < -0.3 is 24.4 Å². The SMILES string of the molecule is CCOC(=O)Nc1ccc(OC)nc1N1CCC[C@]2(CCN(C3CCC(O)CC3)C2=O)C1. The number of nitrogens with one attached hydrogen (secondary N) is 1. The molecule has 3 fully saturated rings. The molecule has 32 heavy (non-hydrogen) atoms. The van der Waals surface area contributed by atoms with E-state index in [9.17, 15) is 14.7 Å². The predicted molar refractivity (Wildman–Crippen MR) is 120 cm³/mol. The van der Waals surface area contributed by atoms with Crippen LogP contribution in [0.15, 0.2) is 12.1 Å². The number of rotatable bonds is 5. The Hall–Kier alpha value is -2.55. The van der Waals surface area contributed by atoms with E-state index in [-0.39, 0.29) is 24.7 Å². The first-order valence-electron chi connectivity index (χ1n) is 11.7. The van der Waals surface area contributed by atoms with Gasteiger partial charge >= 0.3 is 6.09 Å². The molecular formula is C23H34N4O5. The van der Waals surface area contributed by atoms with Crippen molar-refractivity contribution >= 4 is 23.5 Å². The molecule has 0 unspecified atom stereocenters. The fourth-order valence-corrected chi connectivity index (χ4v) is 5.42. The highest BCUT2D eigenvalue weighted by Gasteiger charge is 2.51. The summed E-state index contributed by atoms with van der Waals surface area (Å²) in [5, 5.41) is 12.6. The molecule has 0 aromatic carbocycles. The second kappa shape index (κ2) is 9.52. The lowest BCUT2D eigenvalue weighted by molar-refractivity contribution is -0.139. The number of likely N-dealkylation sites (tertiary alicyclic amines) is 1. The van der Waals surface area contributed by atoms with Crippen LogP contribution >= 0.6 is 0 Å². The van der Waals surface area contributed by atoms with Crippen molar-refractivity contribution in [2.75, 3.05) is 43.6 Å². The third-order valence-electron chi connectivity index (χ3n) is 7.10. The summed E-state index contributed by atoms with van der Waals surface area (Å²) in [6.07, 6.45) is 5.08. The highest BCUT2D eigenvalue weighted by atomic mass is 16.5. The number of anilines is 2. The molecule has 1 spiro atoms. The first-order chi connectivity index (χ1) is 15.5. The van der Waals surface area contributed by atoms with Crippen LogP contribution in [0, 0.1) is 5.41 Å². The fraction of sp³-hybridized carbons (Fsp3) is 0.696. The lowest BCUT2D eigenvalue weighted by Crippen LogP contribution is -2.50. The monoisotopic (exact) mass is 446 g/mol. The number of ether oxygens (including phenoxy) is 2. The molecule has 2 saturated heterocycles. The number of pyridine rings is 1. The molecule has 2 amide bonds. The number of aliphatic hydroxyl groups is 1. The van der Waals surface area contributed by atoms with Gasteiger partial charge in [-0.2, -0.15) is 4.98 Å². The summed E-state index contributed by atoms with van der Waals surface area (Å²) in [5.74, 6) is 1.28. The van der Waals surface area contributed by atoms with Crippen LogP contribution in [0.1, 0.15) is 51.9 Å². The Labute approximate surface area is 189 Å². The summed E-state index contributed by atoms with van der Waals surface area (Å²) in [6, 6.07) is 3.69.